The van der Waals surface area contributed by atoms with E-state index in [-0.39, 0.29) is 30.6 Å². The predicted molar refractivity (Wildman–Crippen MR) is 127 cm³/mol. The summed E-state index contributed by atoms with van der Waals surface area (Å²) in [5.41, 5.74) is 1.27. The van der Waals surface area contributed by atoms with Gasteiger partial charge in [0.1, 0.15) is 17.3 Å². The smallest absolute Gasteiger partial charge is 0.235 e. The number of rotatable bonds is 6. The fourth-order valence-corrected chi connectivity index (χ4v) is 4.54. The first-order valence-electron chi connectivity index (χ1n) is 10.8. The van der Waals surface area contributed by atoms with Gasteiger partial charge in [-0.1, -0.05) is 18.2 Å². The van der Waals surface area contributed by atoms with Crippen molar-refractivity contribution in [1.29, 1.82) is 0 Å². The lowest BCUT2D eigenvalue weighted by molar-refractivity contribution is -0.119. The van der Waals surface area contributed by atoms with E-state index in [4.69, 9.17) is 0 Å². The van der Waals surface area contributed by atoms with Crippen LogP contribution in [0, 0.1) is 5.82 Å². The normalized spacial score (nSPS) is 14.8. The number of anilines is 1. The highest BCUT2D eigenvalue weighted by atomic mass is 32.2. The molecule has 3 aromatic heterocycles. The van der Waals surface area contributed by atoms with Gasteiger partial charge in [0.2, 0.25) is 15.9 Å². The summed E-state index contributed by atoms with van der Waals surface area (Å²) < 4.78 is 41.9. The molecule has 0 saturated carbocycles. The third-order valence-corrected chi connectivity index (χ3v) is 6.58. The summed E-state index contributed by atoms with van der Waals surface area (Å²) in [6.45, 7) is 3.46. The third-order valence-electron chi connectivity index (χ3n) is 5.91. The molecule has 10 nitrogen and oxygen atoms in total. The van der Waals surface area contributed by atoms with Crippen molar-refractivity contribution >= 4 is 32.8 Å². The molecule has 0 fully saturated rings. The van der Waals surface area contributed by atoms with Gasteiger partial charge in [-0.3, -0.25) is 4.79 Å². The molecule has 1 aromatic carbocycles. The van der Waals surface area contributed by atoms with Crippen LogP contribution >= 0.6 is 0 Å². The van der Waals surface area contributed by atoms with Crippen LogP contribution in [0.1, 0.15) is 30.7 Å². The van der Waals surface area contributed by atoms with E-state index < -0.39 is 15.4 Å². The molecule has 0 aliphatic carbocycles. The molecule has 0 unspecified atom stereocenters. The van der Waals surface area contributed by atoms with Crippen molar-refractivity contribution in [3.05, 3.63) is 65.2 Å². The Morgan fingerprint density at radius 1 is 1.14 bits per heavy atom. The van der Waals surface area contributed by atoms with E-state index in [2.05, 4.69) is 30.1 Å². The van der Waals surface area contributed by atoms with Crippen molar-refractivity contribution in [2.24, 2.45) is 0 Å². The summed E-state index contributed by atoms with van der Waals surface area (Å²) >= 11 is 0. The number of hydrogen-bond acceptors (Lipinski definition) is 7. The maximum atomic E-state index is 14.3. The number of halogens is 1. The number of carbonyl (C=O) groups is 1. The first kappa shape index (κ1) is 23.0. The molecule has 12 heteroatoms. The summed E-state index contributed by atoms with van der Waals surface area (Å²) in [4.78, 5) is 26.2. The largest absolute Gasteiger partial charge is 0.310 e. The van der Waals surface area contributed by atoms with Crippen LogP contribution in [0.2, 0.25) is 0 Å². The number of nitrogens with one attached hydrogen (secondary N) is 2. The molecule has 0 bridgehead atoms. The summed E-state index contributed by atoms with van der Waals surface area (Å²) in [5, 5.41) is 8.04. The van der Waals surface area contributed by atoms with Crippen molar-refractivity contribution in [1.82, 2.24) is 29.5 Å². The number of sulfonamides is 1. The van der Waals surface area contributed by atoms with Gasteiger partial charge in [0, 0.05) is 17.3 Å². The summed E-state index contributed by atoms with van der Waals surface area (Å²) in [5.74, 6) is -0.133. The predicted octanol–water partition coefficient (Wildman–Crippen LogP) is 2.35. The summed E-state index contributed by atoms with van der Waals surface area (Å²) in [6, 6.07) is 9.95. The molecule has 4 aromatic rings. The lowest BCUT2D eigenvalue weighted by atomic mass is 9.85. The molecule has 0 radical (unpaired) electrons. The highest BCUT2D eigenvalue weighted by molar-refractivity contribution is 7.88. The second kappa shape index (κ2) is 8.17. The number of nitrogens with zero attached hydrogens (tertiary/aromatic N) is 5. The van der Waals surface area contributed by atoms with Gasteiger partial charge in [-0.15, -0.1) is 0 Å². The number of hydrogen-bond donors (Lipinski definition) is 2. The molecular weight excluding hydrogens is 473 g/mol. The van der Waals surface area contributed by atoms with Gasteiger partial charge in [-0.2, -0.15) is 5.10 Å². The Labute approximate surface area is 200 Å². The van der Waals surface area contributed by atoms with Crippen molar-refractivity contribution in [3.8, 4) is 11.5 Å². The van der Waals surface area contributed by atoms with Crippen molar-refractivity contribution in [3.63, 3.8) is 0 Å². The molecule has 5 rings (SSSR count). The number of carbonyl (C=O) groups excluding carboxylic acids is 1. The Balaban J connectivity index is 1.67. The summed E-state index contributed by atoms with van der Waals surface area (Å²) in [7, 11) is -3.52. The second-order valence-corrected chi connectivity index (χ2v) is 10.7. The molecular formula is C23H22FN7O3S. The molecule has 0 saturated heterocycles. The van der Waals surface area contributed by atoms with Crippen LogP contribution in [0.25, 0.3) is 22.6 Å². The Morgan fingerprint density at radius 2 is 1.91 bits per heavy atom. The first-order valence-corrected chi connectivity index (χ1v) is 12.7. The van der Waals surface area contributed by atoms with Gasteiger partial charge in [0.25, 0.3) is 0 Å². The van der Waals surface area contributed by atoms with Gasteiger partial charge in [-0.05, 0) is 32.0 Å². The molecule has 1 aliphatic rings. The van der Waals surface area contributed by atoms with Crippen molar-refractivity contribution < 1.29 is 17.6 Å². The minimum Gasteiger partial charge on any atom is -0.310 e. The molecule has 180 valence electrons. The van der Waals surface area contributed by atoms with Gasteiger partial charge in [0.15, 0.2) is 11.5 Å². The average Bonchev–Trinajstić information content (AvgIpc) is 3.27. The Hall–Kier alpha value is -3.77. The first-order chi connectivity index (χ1) is 16.5. The maximum Gasteiger partial charge on any atom is 0.235 e. The van der Waals surface area contributed by atoms with Crippen LogP contribution in [0.5, 0.6) is 0 Å². The summed E-state index contributed by atoms with van der Waals surface area (Å²) in [6.07, 6.45) is 2.66. The van der Waals surface area contributed by atoms with E-state index in [1.54, 1.807) is 55.1 Å². The zero-order chi connectivity index (χ0) is 25.0. The van der Waals surface area contributed by atoms with Gasteiger partial charge in [-0.25, -0.2) is 37.2 Å². The highest BCUT2D eigenvalue weighted by Crippen LogP contribution is 2.39. The lowest BCUT2D eigenvalue weighted by Crippen LogP contribution is -2.29. The number of pyridine rings is 1. The molecule has 1 amide bonds. The van der Waals surface area contributed by atoms with Crippen LogP contribution in [0.3, 0.4) is 0 Å². The van der Waals surface area contributed by atoms with E-state index >= 15 is 0 Å². The fourth-order valence-electron chi connectivity index (χ4n) is 4.14. The molecule has 1 aliphatic heterocycles. The number of fused-ring (bicyclic) bond motifs is 2. The monoisotopic (exact) mass is 495 g/mol. The average molecular weight is 496 g/mol. The molecule has 0 spiro atoms. The minimum absolute atomic E-state index is 0.124. The highest BCUT2D eigenvalue weighted by Gasteiger charge is 2.42. The maximum absolute atomic E-state index is 14.3. The van der Waals surface area contributed by atoms with Gasteiger partial charge >= 0.3 is 0 Å². The van der Waals surface area contributed by atoms with Crippen LogP contribution in [-0.4, -0.2) is 45.3 Å². The van der Waals surface area contributed by atoms with Crippen molar-refractivity contribution in [2.75, 3.05) is 11.6 Å². The van der Waals surface area contributed by atoms with Crippen LogP contribution in [-0.2, 0) is 33.3 Å². The number of benzene rings is 1. The number of amides is 1. The SMILES string of the molecule is CC1(C)C(=O)Nc2nc(-c3nn(Cc4ccccc4F)c4ncccc34)nc(CNS(C)(=O)=O)c21. The Kier molecular flexibility index (Phi) is 5.37. The van der Waals surface area contributed by atoms with E-state index in [1.165, 1.54) is 6.07 Å². The standard InChI is InChI=1S/C23H22FN7O3S/c1-23(2)17-16(11-26-35(3,33)34)27-20(28-19(17)29-22(23)32)18-14-8-6-10-25-21(14)31(30-18)12-13-7-4-5-9-15(13)24/h4-10,26H,11-12H2,1-3H3,(H,27,28,29,32). The Morgan fingerprint density at radius 3 is 2.66 bits per heavy atom. The third kappa shape index (κ3) is 4.15. The molecule has 0 atom stereocenters. The lowest BCUT2D eigenvalue weighted by Gasteiger charge is -2.18. The van der Waals surface area contributed by atoms with Crippen LogP contribution < -0.4 is 10.0 Å². The topological polar surface area (TPSA) is 132 Å². The van der Waals surface area contributed by atoms with Gasteiger partial charge < -0.3 is 5.32 Å². The van der Waals surface area contributed by atoms with E-state index in [0.29, 0.717) is 39.4 Å². The van der Waals surface area contributed by atoms with Gasteiger partial charge in [0.05, 0.1) is 35.8 Å². The minimum atomic E-state index is -3.52. The van der Waals surface area contributed by atoms with Crippen LogP contribution in [0.15, 0.2) is 42.6 Å². The van der Waals surface area contributed by atoms with E-state index in [1.807, 2.05) is 0 Å². The zero-order valence-electron chi connectivity index (χ0n) is 19.2. The van der Waals surface area contributed by atoms with E-state index in [0.717, 1.165) is 6.26 Å². The quantitative estimate of drug-likeness (QED) is 0.420. The Bertz CT molecular complexity index is 1600. The van der Waals surface area contributed by atoms with E-state index in [9.17, 15) is 17.6 Å². The molecule has 35 heavy (non-hydrogen) atoms. The van der Waals surface area contributed by atoms with Crippen LogP contribution in [0.4, 0.5) is 10.2 Å². The number of aromatic nitrogens is 5. The fraction of sp³-hybridized carbons (Fsp3) is 0.261. The second-order valence-electron chi connectivity index (χ2n) is 8.86. The van der Waals surface area contributed by atoms with Crippen molar-refractivity contribution in [2.45, 2.75) is 32.4 Å². The zero-order valence-corrected chi connectivity index (χ0v) is 20.0. The molecule has 2 N–H and O–H groups in total. The molecule has 4 heterocycles.